The van der Waals surface area contributed by atoms with Gasteiger partial charge in [0.05, 0.1) is 17.0 Å². The summed E-state index contributed by atoms with van der Waals surface area (Å²) >= 11 is 0. The van der Waals surface area contributed by atoms with Crippen LogP contribution in [0, 0.1) is 12.8 Å². The van der Waals surface area contributed by atoms with Crippen molar-refractivity contribution in [3.8, 4) is 0 Å². The minimum absolute atomic E-state index is 0.0929. The molecule has 0 radical (unpaired) electrons. The Morgan fingerprint density at radius 1 is 1.10 bits per heavy atom. The van der Waals surface area contributed by atoms with Gasteiger partial charge in [0.25, 0.3) is 0 Å². The summed E-state index contributed by atoms with van der Waals surface area (Å²) in [5.74, 6) is -0.400. The molecular formula is C22H24N2O5S. The molecule has 1 aliphatic rings. The van der Waals surface area contributed by atoms with Crippen molar-refractivity contribution in [2.75, 3.05) is 13.1 Å². The number of Topliss-reactive ketones (excluding diaryl/α,β-unsaturated/α-hetero) is 1. The van der Waals surface area contributed by atoms with Crippen molar-refractivity contribution >= 4 is 26.9 Å². The zero-order valence-electron chi connectivity index (χ0n) is 17.0. The van der Waals surface area contributed by atoms with Crippen LogP contribution in [-0.2, 0) is 16.6 Å². The number of benzene rings is 2. The van der Waals surface area contributed by atoms with Crippen LogP contribution < -0.4 is 5.76 Å². The fourth-order valence-corrected chi connectivity index (χ4v) is 5.19. The molecule has 0 atom stereocenters. The molecule has 3 aromatic rings. The third-order valence-electron chi connectivity index (χ3n) is 5.70. The number of nitrogens with zero attached hydrogens (tertiary/aromatic N) is 2. The lowest BCUT2D eigenvalue weighted by molar-refractivity contribution is 0.0970. The number of sulfonamides is 1. The highest BCUT2D eigenvalue weighted by atomic mass is 32.2. The van der Waals surface area contributed by atoms with Gasteiger partial charge in [0.1, 0.15) is 0 Å². The molecule has 1 aromatic heterocycles. The predicted molar refractivity (Wildman–Crippen MR) is 113 cm³/mol. The Kier molecular flexibility index (Phi) is 5.38. The van der Waals surface area contributed by atoms with Crippen LogP contribution in [0.5, 0.6) is 0 Å². The molecule has 1 saturated heterocycles. The minimum atomic E-state index is -3.66. The van der Waals surface area contributed by atoms with Crippen molar-refractivity contribution in [2.24, 2.45) is 5.92 Å². The number of oxazole rings is 1. The van der Waals surface area contributed by atoms with Crippen LogP contribution in [0.3, 0.4) is 0 Å². The molecule has 2 aromatic carbocycles. The fraction of sp³-hybridized carbons (Fsp3) is 0.364. The molecule has 1 fully saturated rings. The summed E-state index contributed by atoms with van der Waals surface area (Å²) < 4.78 is 33.9. The maximum atomic E-state index is 13.0. The first-order valence-electron chi connectivity index (χ1n) is 9.99. The molecule has 0 spiro atoms. The Hall–Kier alpha value is -2.71. The Balaban J connectivity index is 1.63. The molecule has 4 rings (SSSR count). The van der Waals surface area contributed by atoms with Crippen LogP contribution in [-0.4, -0.2) is 36.2 Å². The highest BCUT2D eigenvalue weighted by Crippen LogP contribution is 2.26. The Morgan fingerprint density at radius 2 is 1.77 bits per heavy atom. The first-order chi connectivity index (χ1) is 14.3. The van der Waals surface area contributed by atoms with Crippen LogP contribution >= 0.6 is 0 Å². The predicted octanol–water partition coefficient (Wildman–Crippen LogP) is 3.21. The van der Waals surface area contributed by atoms with Gasteiger partial charge in [0, 0.05) is 24.7 Å². The molecule has 0 N–H and O–H groups in total. The summed E-state index contributed by atoms with van der Waals surface area (Å²) in [6.07, 6.45) is 1.65. The van der Waals surface area contributed by atoms with Crippen LogP contribution in [0.4, 0.5) is 0 Å². The normalized spacial score (nSPS) is 16.2. The molecule has 1 aliphatic heterocycles. The second-order valence-electron chi connectivity index (χ2n) is 7.96. The van der Waals surface area contributed by atoms with Crippen molar-refractivity contribution in [2.45, 2.75) is 38.1 Å². The summed E-state index contributed by atoms with van der Waals surface area (Å²) in [5.41, 5.74) is 2.09. The Morgan fingerprint density at radius 3 is 2.43 bits per heavy atom. The number of hydrogen-bond acceptors (Lipinski definition) is 5. The van der Waals surface area contributed by atoms with E-state index in [0.29, 0.717) is 30.1 Å². The van der Waals surface area contributed by atoms with Gasteiger partial charge in [0.2, 0.25) is 10.0 Å². The second-order valence-corrected chi connectivity index (χ2v) is 9.90. The molecule has 0 aliphatic carbocycles. The highest BCUT2D eigenvalue weighted by Gasteiger charge is 2.29. The lowest BCUT2D eigenvalue weighted by Crippen LogP contribution is -2.37. The van der Waals surface area contributed by atoms with Crippen LogP contribution in [0.25, 0.3) is 11.1 Å². The summed E-state index contributed by atoms with van der Waals surface area (Å²) in [6, 6.07) is 11.5. The topological polar surface area (TPSA) is 89.6 Å². The van der Waals surface area contributed by atoms with E-state index in [1.807, 2.05) is 19.1 Å². The molecule has 30 heavy (non-hydrogen) atoms. The van der Waals surface area contributed by atoms with E-state index in [4.69, 9.17) is 4.42 Å². The van der Waals surface area contributed by atoms with Crippen molar-refractivity contribution < 1.29 is 17.6 Å². The molecule has 158 valence electrons. The first-order valence-corrected chi connectivity index (χ1v) is 11.4. The van der Waals surface area contributed by atoms with E-state index in [0.717, 1.165) is 18.4 Å². The number of aromatic nitrogens is 1. The van der Waals surface area contributed by atoms with Gasteiger partial charge in [0.15, 0.2) is 11.4 Å². The maximum Gasteiger partial charge on any atom is 0.420 e. The highest BCUT2D eigenvalue weighted by molar-refractivity contribution is 7.89. The van der Waals surface area contributed by atoms with E-state index >= 15 is 0 Å². The van der Waals surface area contributed by atoms with Crippen molar-refractivity contribution in [1.82, 2.24) is 8.87 Å². The van der Waals surface area contributed by atoms with E-state index < -0.39 is 15.8 Å². The van der Waals surface area contributed by atoms with Gasteiger partial charge in [-0.25, -0.2) is 13.2 Å². The minimum Gasteiger partial charge on any atom is -0.408 e. The number of fused-ring (bicyclic) bond motifs is 1. The molecule has 2 heterocycles. The summed E-state index contributed by atoms with van der Waals surface area (Å²) in [4.78, 5) is 25.0. The summed E-state index contributed by atoms with van der Waals surface area (Å²) in [5, 5.41) is 0. The van der Waals surface area contributed by atoms with Gasteiger partial charge in [-0.15, -0.1) is 0 Å². The molecule has 0 bridgehead atoms. The average molecular weight is 429 g/mol. The van der Waals surface area contributed by atoms with Crippen LogP contribution in [0.15, 0.2) is 56.6 Å². The lowest BCUT2D eigenvalue weighted by atomic mass is 10.0. The zero-order valence-corrected chi connectivity index (χ0v) is 17.8. The molecule has 8 heteroatoms. The molecule has 0 unspecified atom stereocenters. The first kappa shape index (κ1) is 20.6. The smallest absolute Gasteiger partial charge is 0.408 e. The monoisotopic (exact) mass is 428 g/mol. The number of ketones is 1. The quantitative estimate of drug-likeness (QED) is 0.582. The Bertz CT molecular complexity index is 1250. The van der Waals surface area contributed by atoms with Crippen molar-refractivity contribution in [3.05, 3.63) is 64.1 Å². The van der Waals surface area contributed by atoms with Gasteiger partial charge < -0.3 is 4.42 Å². The number of carbonyl (C=O) groups is 1. The standard InChI is InChI=1S/C22H24N2O5S/c1-15-3-5-17(6-4-15)20(25)14-24-19-8-7-18(13-21(19)29-22(24)26)30(27,28)23-11-9-16(2)10-12-23/h3-8,13,16H,9-12,14H2,1-2H3. The summed E-state index contributed by atoms with van der Waals surface area (Å²) in [7, 11) is -3.66. The van der Waals surface area contributed by atoms with E-state index in [1.54, 1.807) is 12.1 Å². The third-order valence-corrected chi connectivity index (χ3v) is 7.59. The number of hydrogen-bond donors (Lipinski definition) is 0. The van der Waals surface area contributed by atoms with Gasteiger partial charge in [-0.1, -0.05) is 36.8 Å². The van der Waals surface area contributed by atoms with Gasteiger partial charge in [-0.3, -0.25) is 9.36 Å². The number of carbonyl (C=O) groups excluding carboxylic acids is 1. The van der Waals surface area contributed by atoms with E-state index in [1.165, 1.54) is 27.1 Å². The molecule has 7 nitrogen and oxygen atoms in total. The largest absolute Gasteiger partial charge is 0.420 e. The Labute approximate surface area is 175 Å². The SMILES string of the molecule is Cc1ccc(C(=O)Cn2c(=O)oc3cc(S(=O)(=O)N4CCC(C)CC4)ccc32)cc1. The van der Waals surface area contributed by atoms with Crippen LogP contribution in [0.2, 0.25) is 0 Å². The fourth-order valence-electron chi connectivity index (χ4n) is 3.71. The number of rotatable bonds is 5. The lowest BCUT2D eigenvalue weighted by Gasteiger charge is -2.29. The average Bonchev–Trinajstić information content (AvgIpc) is 3.03. The van der Waals surface area contributed by atoms with Gasteiger partial charge in [-0.05, 0) is 37.8 Å². The molecule has 0 amide bonds. The number of aryl methyl sites for hydroxylation is 1. The van der Waals surface area contributed by atoms with E-state index in [-0.39, 0.29) is 22.8 Å². The third kappa shape index (κ3) is 3.85. The molecule has 0 saturated carbocycles. The van der Waals surface area contributed by atoms with Crippen molar-refractivity contribution in [3.63, 3.8) is 0 Å². The van der Waals surface area contributed by atoms with Gasteiger partial charge in [-0.2, -0.15) is 4.31 Å². The summed E-state index contributed by atoms with van der Waals surface area (Å²) in [6.45, 7) is 4.84. The second kappa shape index (κ2) is 7.85. The van der Waals surface area contributed by atoms with Crippen LogP contribution in [0.1, 0.15) is 35.7 Å². The zero-order chi connectivity index (χ0) is 21.5. The van der Waals surface area contributed by atoms with E-state index in [2.05, 4.69) is 6.92 Å². The van der Waals surface area contributed by atoms with Gasteiger partial charge >= 0.3 is 5.76 Å². The molecular weight excluding hydrogens is 404 g/mol. The number of piperidine rings is 1. The van der Waals surface area contributed by atoms with E-state index in [9.17, 15) is 18.0 Å². The maximum absolute atomic E-state index is 13.0. The van der Waals surface area contributed by atoms with Crippen molar-refractivity contribution in [1.29, 1.82) is 0 Å².